The van der Waals surface area contributed by atoms with Gasteiger partial charge in [-0.05, 0) is 44.7 Å². The Labute approximate surface area is 166 Å². The Balaban J connectivity index is 1.37. The molecule has 1 saturated heterocycles. The number of nitrogens with two attached hydrogens (primary N) is 1. The van der Waals surface area contributed by atoms with Gasteiger partial charge in [-0.2, -0.15) is 15.0 Å². The fourth-order valence-corrected chi connectivity index (χ4v) is 4.16. The van der Waals surface area contributed by atoms with Crippen LogP contribution in [-0.4, -0.2) is 45.1 Å². The summed E-state index contributed by atoms with van der Waals surface area (Å²) in [5.74, 6) is 1.44. The van der Waals surface area contributed by atoms with Crippen molar-refractivity contribution in [3.05, 3.63) is 36.2 Å². The van der Waals surface area contributed by atoms with E-state index < -0.39 is 0 Å². The molecular formula is C21H30N6O. The Bertz CT molecular complexity index is 757. The number of likely N-dealkylation sites (tertiary alicyclic amines) is 1. The van der Waals surface area contributed by atoms with E-state index in [4.69, 9.17) is 10.5 Å². The number of benzene rings is 1. The molecule has 1 unspecified atom stereocenters. The van der Waals surface area contributed by atoms with Crippen LogP contribution in [-0.2, 0) is 4.74 Å². The molecule has 0 radical (unpaired) electrons. The smallest absolute Gasteiger partial charge is 0.232 e. The number of nitrogens with zero attached hydrogens (tertiary/aromatic N) is 4. The highest BCUT2D eigenvalue weighted by Crippen LogP contribution is 2.28. The second kappa shape index (κ2) is 8.84. The number of hydrogen-bond acceptors (Lipinski definition) is 7. The van der Waals surface area contributed by atoms with E-state index in [0.29, 0.717) is 24.0 Å². The topological polar surface area (TPSA) is 89.2 Å². The molecule has 7 heteroatoms. The van der Waals surface area contributed by atoms with Crippen molar-refractivity contribution in [2.75, 3.05) is 24.1 Å². The second-order valence-corrected chi connectivity index (χ2v) is 7.82. The molecule has 2 heterocycles. The first-order valence-corrected chi connectivity index (χ1v) is 10.4. The Hall–Kier alpha value is -2.25. The minimum atomic E-state index is 0.0917. The standard InChI is InChI=1S/C21H30N6O/c1-15(27-13-11-18(12-14-27)28-17-9-5-6-10-17)19-24-20(22)26-21(25-19)23-16-7-3-2-4-8-16/h2-4,7-8,15,17-18H,5-6,9-14H2,1H3,(H3,22,23,24,25,26). The summed E-state index contributed by atoms with van der Waals surface area (Å²) in [4.78, 5) is 15.7. The summed E-state index contributed by atoms with van der Waals surface area (Å²) in [5, 5.41) is 3.21. The van der Waals surface area contributed by atoms with Gasteiger partial charge in [0, 0.05) is 18.8 Å². The van der Waals surface area contributed by atoms with Crippen LogP contribution in [0.1, 0.15) is 57.3 Å². The number of piperidine rings is 1. The summed E-state index contributed by atoms with van der Waals surface area (Å²) >= 11 is 0. The van der Waals surface area contributed by atoms with E-state index in [2.05, 4.69) is 32.1 Å². The third kappa shape index (κ3) is 4.77. The number of nitrogen functional groups attached to an aromatic ring is 1. The predicted molar refractivity (Wildman–Crippen MR) is 110 cm³/mol. The van der Waals surface area contributed by atoms with Crippen molar-refractivity contribution in [3.8, 4) is 0 Å². The maximum Gasteiger partial charge on any atom is 0.232 e. The fourth-order valence-electron chi connectivity index (χ4n) is 4.16. The van der Waals surface area contributed by atoms with E-state index >= 15 is 0 Å². The van der Waals surface area contributed by atoms with E-state index in [1.165, 1.54) is 25.7 Å². The van der Waals surface area contributed by atoms with Crippen LogP contribution in [0.5, 0.6) is 0 Å². The number of nitrogens with one attached hydrogen (secondary N) is 1. The number of aromatic nitrogens is 3. The average Bonchev–Trinajstić information content (AvgIpc) is 3.21. The van der Waals surface area contributed by atoms with E-state index in [1.807, 2.05) is 30.3 Å². The maximum atomic E-state index is 6.29. The van der Waals surface area contributed by atoms with E-state index in [0.717, 1.165) is 31.6 Å². The Morgan fingerprint density at radius 1 is 1.00 bits per heavy atom. The molecule has 1 atom stereocenters. The molecule has 150 valence electrons. The maximum absolute atomic E-state index is 6.29. The first-order valence-electron chi connectivity index (χ1n) is 10.4. The lowest BCUT2D eigenvalue weighted by molar-refractivity contribution is -0.0442. The summed E-state index contributed by atoms with van der Waals surface area (Å²) in [6.45, 7) is 4.12. The zero-order valence-electron chi connectivity index (χ0n) is 16.6. The van der Waals surface area contributed by atoms with Crippen LogP contribution in [0, 0.1) is 0 Å². The van der Waals surface area contributed by atoms with Gasteiger partial charge in [-0.3, -0.25) is 4.90 Å². The first kappa shape index (κ1) is 19.1. The average molecular weight is 383 g/mol. The van der Waals surface area contributed by atoms with Gasteiger partial charge in [-0.25, -0.2) is 0 Å². The monoisotopic (exact) mass is 382 g/mol. The Morgan fingerprint density at radius 3 is 2.39 bits per heavy atom. The molecule has 0 bridgehead atoms. The quantitative estimate of drug-likeness (QED) is 0.787. The zero-order chi connectivity index (χ0) is 19.3. The van der Waals surface area contributed by atoms with Gasteiger partial charge in [0.05, 0.1) is 18.2 Å². The molecule has 1 aliphatic carbocycles. The van der Waals surface area contributed by atoms with Gasteiger partial charge in [0.1, 0.15) is 0 Å². The van der Waals surface area contributed by atoms with Crippen LogP contribution in [0.2, 0.25) is 0 Å². The SMILES string of the molecule is CC(c1nc(N)nc(Nc2ccccc2)n1)N1CCC(OC2CCCC2)CC1. The van der Waals surface area contributed by atoms with Crippen LogP contribution < -0.4 is 11.1 Å². The van der Waals surface area contributed by atoms with Crippen molar-refractivity contribution in [1.29, 1.82) is 0 Å². The first-order chi connectivity index (χ1) is 13.7. The number of anilines is 3. The predicted octanol–water partition coefficient (Wildman–Crippen LogP) is 3.68. The summed E-state index contributed by atoms with van der Waals surface area (Å²) < 4.78 is 6.29. The van der Waals surface area contributed by atoms with E-state index in [9.17, 15) is 0 Å². The molecule has 1 saturated carbocycles. The molecule has 2 aromatic rings. The van der Waals surface area contributed by atoms with Crippen molar-refractivity contribution in [3.63, 3.8) is 0 Å². The molecule has 0 spiro atoms. The van der Waals surface area contributed by atoms with Crippen molar-refractivity contribution in [2.45, 2.75) is 63.7 Å². The zero-order valence-corrected chi connectivity index (χ0v) is 16.6. The lowest BCUT2D eigenvalue weighted by Gasteiger charge is -2.36. The number of para-hydroxylation sites is 1. The largest absolute Gasteiger partial charge is 0.375 e. The van der Waals surface area contributed by atoms with E-state index in [1.54, 1.807) is 0 Å². The summed E-state index contributed by atoms with van der Waals surface area (Å²) in [6, 6.07) is 9.94. The molecule has 1 aromatic heterocycles. The van der Waals surface area contributed by atoms with Crippen LogP contribution in [0.15, 0.2) is 30.3 Å². The summed E-state index contributed by atoms with van der Waals surface area (Å²) in [6.07, 6.45) is 8.12. The highest BCUT2D eigenvalue weighted by Gasteiger charge is 2.28. The van der Waals surface area contributed by atoms with Crippen molar-refractivity contribution in [1.82, 2.24) is 19.9 Å². The van der Waals surface area contributed by atoms with Crippen LogP contribution >= 0.6 is 0 Å². The fraction of sp³-hybridized carbons (Fsp3) is 0.571. The highest BCUT2D eigenvalue weighted by atomic mass is 16.5. The molecule has 2 fully saturated rings. The minimum Gasteiger partial charge on any atom is -0.375 e. The number of hydrogen-bond donors (Lipinski definition) is 2. The Morgan fingerprint density at radius 2 is 1.68 bits per heavy atom. The van der Waals surface area contributed by atoms with Gasteiger partial charge in [-0.15, -0.1) is 0 Å². The van der Waals surface area contributed by atoms with Crippen LogP contribution in [0.25, 0.3) is 0 Å². The normalized spacial score (nSPS) is 20.3. The molecule has 4 rings (SSSR count). The third-order valence-electron chi connectivity index (χ3n) is 5.78. The highest BCUT2D eigenvalue weighted by molar-refractivity contribution is 5.53. The molecule has 1 aliphatic heterocycles. The molecule has 2 aliphatic rings. The molecule has 3 N–H and O–H groups in total. The number of ether oxygens (including phenoxy) is 1. The van der Waals surface area contributed by atoms with Gasteiger partial charge in [0.2, 0.25) is 11.9 Å². The molecule has 0 amide bonds. The van der Waals surface area contributed by atoms with Crippen molar-refractivity contribution >= 4 is 17.6 Å². The Kier molecular flexibility index (Phi) is 6.02. The lowest BCUT2D eigenvalue weighted by atomic mass is 10.1. The summed E-state index contributed by atoms with van der Waals surface area (Å²) in [7, 11) is 0. The van der Waals surface area contributed by atoms with Crippen LogP contribution in [0.4, 0.5) is 17.6 Å². The molecule has 1 aromatic carbocycles. The third-order valence-corrected chi connectivity index (χ3v) is 5.78. The van der Waals surface area contributed by atoms with Gasteiger partial charge in [0.25, 0.3) is 0 Å². The van der Waals surface area contributed by atoms with Gasteiger partial charge >= 0.3 is 0 Å². The van der Waals surface area contributed by atoms with Gasteiger partial charge < -0.3 is 15.8 Å². The minimum absolute atomic E-state index is 0.0917. The van der Waals surface area contributed by atoms with Gasteiger partial charge in [0.15, 0.2) is 5.82 Å². The van der Waals surface area contributed by atoms with Crippen LogP contribution in [0.3, 0.4) is 0 Å². The second-order valence-electron chi connectivity index (χ2n) is 7.82. The van der Waals surface area contributed by atoms with Crippen molar-refractivity contribution in [2.24, 2.45) is 0 Å². The van der Waals surface area contributed by atoms with Gasteiger partial charge in [-0.1, -0.05) is 31.0 Å². The molecular weight excluding hydrogens is 352 g/mol. The molecule has 28 heavy (non-hydrogen) atoms. The van der Waals surface area contributed by atoms with E-state index in [-0.39, 0.29) is 12.0 Å². The number of rotatable bonds is 6. The summed E-state index contributed by atoms with van der Waals surface area (Å²) in [5.41, 5.74) is 6.88. The van der Waals surface area contributed by atoms with Crippen molar-refractivity contribution < 1.29 is 4.74 Å². The molecule has 7 nitrogen and oxygen atoms in total. The lowest BCUT2D eigenvalue weighted by Crippen LogP contribution is -2.40.